The minimum absolute atomic E-state index is 0.290. The first-order chi connectivity index (χ1) is 6.07. The number of aromatic nitrogens is 2. The third-order valence-electron chi connectivity index (χ3n) is 2.46. The first kappa shape index (κ1) is 9.79. The summed E-state index contributed by atoms with van der Waals surface area (Å²) < 4.78 is 1.87. The standard InChI is InChI=1S/C10H15N3/c1-7(5-6-11)10-8(2)12-13(4)9(10)3/h7H,5H2,1-4H3. The first-order valence-corrected chi connectivity index (χ1v) is 4.45. The van der Waals surface area contributed by atoms with Gasteiger partial charge in [0, 0.05) is 19.2 Å². The second kappa shape index (κ2) is 3.61. The zero-order valence-electron chi connectivity index (χ0n) is 8.63. The van der Waals surface area contributed by atoms with Crippen molar-refractivity contribution in [1.29, 1.82) is 5.26 Å². The molecule has 70 valence electrons. The van der Waals surface area contributed by atoms with Crippen molar-refractivity contribution >= 4 is 0 Å². The van der Waals surface area contributed by atoms with Crippen molar-refractivity contribution in [1.82, 2.24) is 9.78 Å². The topological polar surface area (TPSA) is 41.6 Å². The molecule has 3 nitrogen and oxygen atoms in total. The molecular formula is C10H15N3. The average Bonchev–Trinajstić information content (AvgIpc) is 2.27. The van der Waals surface area contributed by atoms with Gasteiger partial charge in [0.1, 0.15) is 0 Å². The highest BCUT2D eigenvalue weighted by Gasteiger charge is 2.15. The van der Waals surface area contributed by atoms with Crippen LogP contribution in [0.15, 0.2) is 0 Å². The largest absolute Gasteiger partial charge is 0.272 e. The molecule has 1 aromatic heterocycles. The van der Waals surface area contributed by atoms with Gasteiger partial charge in [-0.1, -0.05) is 6.92 Å². The fraction of sp³-hybridized carbons (Fsp3) is 0.600. The number of rotatable bonds is 2. The Morgan fingerprint density at radius 2 is 2.15 bits per heavy atom. The molecule has 0 radical (unpaired) electrons. The molecule has 0 aliphatic carbocycles. The highest BCUT2D eigenvalue weighted by Crippen LogP contribution is 2.24. The van der Waals surface area contributed by atoms with Crippen LogP contribution in [-0.4, -0.2) is 9.78 Å². The molecule has 0 spiro atoms. The summed E-state index contributed by atoms with van der Waals surface area (Å²) in [5, 5.41) is 12.9. The molecule has 1 unspecified atom stereocenters. The summed E-state index contributed by atoms with van der Waals surface area (Å²) in [7, 11) is 1.94. The van der Waals surface area contributed by atoms with Gasteiger partial charge in [-0.05, 0) is 25.3 Å². The normalized spacial score (nSPS) is 12.5. The van der Waals surface area contributed by atoms with Gasteiger partial charge in [0.25, 0.3) is 0 Å². The number of aryl methyl sites for hydroxylation is 2. The van der Waals surface area contributed by atoms with E-state index in [1.54, 1.807) is 0 Å². The molecule has 1 rings (SSSR count). The Kier molecular flexibility index (Phi) is 2.72. The van der Waals surface area contributed by atoms with Crippen molar-refractivity contribution in [3.8, 4) is 6.07 Å². The predicted octanol–water partition coefficient (Wildman–Crippen LogP) is 2.05. The Balaban J connectivity index is 3.07. The highest BCUT2D eigenvalue weighted by molar-refractivity contribution is 5.28. The van der Waals surface area contributed by atoms with Crippen LogP contribution in [0.3, 0.4) is 0 Å². The van der Waals surface area contributed by atoms with Crippen LogP contribution in [0.25, 0.3) is 0 Å². The van der Waals surface area contributed by atoms with Crippen molar-refractivity contribution in [2.75, 3.05) is 0 Å². The second-order valence-electron chi connectivity index (χ2n) is 3.47. The summed E-state index contributed by atoms with van der Waals surface area (Å²) in [6.07, 6.45) is 0.563. The van der Waals surface area contributed by atoms with Crippen LogP contribution >= 0.6 is 0 Å². The number of hydrogen-bond donors (Lipinski definition) is 0. The van der Waals surface area contributed by atoms with Gasteiger partial charge in [-0.2, -0.15) is 10.4 Å². The Labute approximate surface area is 79.0 Å². The highest BCUT2D eigenvalue weighted by atomic mass is 15.3. The lowest BCUT2D eigenvalue weighted by atomic mass is 9.97. The number of nitriles is 1. The Hall–Kier alpha value is -1.30. The van der Waals surface area contributed by atoms with E-state index in [2.05, 4.69) is 18.1 Å². The molecule has 0 saturated carbocycles. The summed E-state index contributed by atoms with van der Waals surface area (Å²) in [6.45, 7) is 6.11. The van der Waals surface area contributed by atoms with Gasteiger partial charge in [-0.25, -0.2) is 0 Å². The lowest BCUT2D eigenvalue weighted by Crippen LogP contribution is -1.97. The van der Waals surface area contributed by atoms with E-state index in [1.165, 1.54) is 11.3 Å². The smallest absolute Gasteiger partial charge is 0.0631 e. The Morgan fingerprint density at radius 3 is 2.54 bits per heavy atom. The maximum absolute atomic E-state index is 8.61. The zero-order chi connectivity index (χ0) is 10.0. The van der Waals surface area contributed by atoms with E-state index in [9.17, 15) is 0 Å². The first-order valence-electron chi connectivity index (χ1n) is 4.45. The summed E-state index contributed by atoms with van der Waals surface area (Å²) in [5.74, 6) is 0.290. The van der Waals surface area contributed by atoms with E-state index < -0.39 is 0 Å². The SMILES string of the molecule is Cc1nn(C)c(C)c1C(C)CC#N. The van der Waals surface area contributed by atoms with E-state index >= 15 is 0 Å². The maximum Gasteiger partial charge on any atom is 0.0631 e. The molecule has 0 N–H and O–H groups in total. The minimum Gasteiger partial charge on any atom is -0.272 e. The van der Waals surface area contributed by atoms with E-state index in [1.807, 2.05) is 25.6 Å². The quantitative estimate of drug-likeness (QED) is 0.693. The van der Waals surface area contributed by atoms with Crippen molar-refractivity contribution in [3.63, 3.8) is 0 Å². The molecule has 1 heterocycles. The van der Waals surface area contributed by atoms with Crippen LogP contribution in [-0.2, 0) is 7.05 Å². The fourth-order valence-electron chi connectivity index (χ4n) is 1.74. The molecule has 0 saturated heterocycles. The van der Waals surface area contributed by atoms with Crippen LogP contribution in [0, 0.1) is 25.2 Å². The maximum atomic E-state index is 8.61. The third-order valence-corrected chi connectivity index (χ3v) is 2.46. The molecule has 13 heavy (non-hydrogen) atoms. The summed E-state index contributed by atoms with van der Waals surface area (Å²) >= 11 is 0. The molecule has 0 amide bonds. The van der Waals surface area contributed by atoms with Crippen LogP contribution < -0.4 is 0 Å². The van der Waals surface area contributed by atoms with Gasteiger partial charge in [0.2, 0.25) is 0 Å². The minimum atomic E-state index is 0.290. The molecule has 1 atom stereocenters. The summed E-state index contributed by atoms with van der Waals surface area (Å²) in [4.78, 5) is 0. The molecule has 0 bridgehead atoms. The van der Waals surface area contributed by atoms with Crippen molar-refractivity contribution in [2.24, 2.45) is 7.05 Å². The predicted molar refractivity (Wildman–Crippen MR) is 51.3 cm³/mol. The number of nitrogens with zero attached hydrogens (tertiary/aromatic N) is 3. The molecule has 0 aliphatic heterocycles. The van der Waals surface area contributed by atoms with E-state index in [-0.39, 0.29) is 0 Å². The zero-order valence-corrected chi connectivity index (χ0v) is 8.63. The van der Waals surface area contributed by atoms with Gasteiger partial charge in [-0.3, -0.25) is 4.68 Å². The average molecular weight is 177 g/mol. The molecule has 0 aliphatic rings. The molecule has 1 aromatic rings. The van der Waals surface area contributed by atoms with Gasteiger partial charge in [-0.15, -0.1) is 0 Å². The third kappa shape index (κ3) is 1.72. The van der Waals surface area contributed by atoms with Gasteiger partial charge in [0.15, 0.2) is 0 Å². The molecule has 0 fully saturated rings. The van der Waals surface area contributed by atoms with Crippen molar-refractivity contribution < 1.29 is 0 Å². The van der Waals surface area contributed by atoms with Crippen molar-refractivity contribution in [3.05, 3.63) is 17.0 Å². The molecular weight excluding hydrogens is 162 g/mol. The van der Waals surface area contributed by atoms with Crippen LogP contribution in [0.5, 0.6) is 0 Å². The fourth-order valence-corrected chi connectivity index (χ4v) is 1.74. The van der Waals surface area contributed by atoms with Crippen LogP contribution in [0.2, 0.25) is 0 Å². The Bertz CT molecular complexity index is 344. The van der Waals surface area contributed by atoms with Gasteiger partial charge in [0.05, 0.1) is 11.8 Å². The van der Waals surface area contributed by atoms with Crippen molar-refractivity contribution in [2.45, 2.75) is 33.1 Å². The molecule has 3 heteroatoms. The monoisotopic (exact) mass is 177 g/mol. The van der Waals surface area contributed by atoms with Gasteiger partial charge >= 0.3 is 0 Å². The summed E-state index contributed by atoms with van der Waals surface area (Å²) in [5.41, 5.74) is 3.44. The Morgan fingerprint density at radius 1 is 1.54 bits per heavy atom. The van der Waals surface area contributed by atoms with Crippen LogP contribution in [0.1, 0.15) is 36.2 Å². The summed E-state index contributed by atoms with van der Waals surface area (Å²) in [6, 6.07) is 2.19. The van der Waals surface area contributed by atoms with Crippen LogP contribution in [0.4, 0.5) is 0 Å². The van der Waals surface area contributed by atoms with E-state index in [0.29, 0.717) is 12.3 Å². The van der Waals surface area contributed by atoms with E-state index in [4.69, 9.17) is 5.26 Å². The second-order valence-corrected chi connectivity index (χ2v) is 3.47. The molecule has 0 aromatic carbocycles. The number of hydrogen-bond acceptors (Lipinski definition) is 2. The van der Waals surface area contributed by atoms with E-state index in [0.717, 1.165) is 5.69 Å². The van der Waals surface area contributed by atoms with Gasteiger partial charge < -0.3 is 0 Å². The lowest BCUT2D eigenvalue weighted by molar-refractivity contribution is 0.724. The lowest BCUT2D eigenvalue weighted by Gasteiger charge is -2.07.